The number of hydrogen-bond donors (Lipinski definition) is 2. The molecule has 0 aliphatic carbocycles. The Morgan fingerprint density at radius 3 is 2.51 bits per heavy atom. The summed E-state index contributed by atoms with van der Waals surface area (Å²) >= 11 is 1.73. The molecule has 0 spiro atoms. The molecule has 0 atom stereocenters. The fourth-order valence-electron chi connectivity index (χ4n) is 5.01. The molecule has 2 aromatic heterocycles. The number of aryl methyl sites for hydroxylation is 2. The van der Waals surface area contributed by atoms with E-state index >= 15 is 0 Å². The highest BCUT2D eigenvalue weighted by atomic mass is 32.2. The maximum absolute atomic E-state index is 6.35. The van der Waals surface area contributed by atoms with E-state index in [1.807, 2.05) is 12.1 Å². The third-order valence-electron chi connectivity index (χ3n) is 6.88. The molecule has 3 aromatic carbocycles. The van der Waals surface area contributed by atoms with E-state index in [1.54, 1.807) is 11.9 Å². The van der Waals surface area contributed by atoms with Gasteiger partial charge in [-0.2, -0.15) is 0 Å². The van der Waals surface area contributed by atoms with Crippen molar-refractivity contribution in [1.82, 2.24) is 19.3 Å². The van der Waals surface area contributed by atoms with Gasteiger partial charge in [0, 0.05) is 55.0 Å². The van der Waals surface area contributed by atoms with Crippen molar-refractivity contribution in [2.75, 3.05) is 31.3 Å². The predicted octanol–water partition coefficient (Wildman–Crippen LogP) is 6.81. The second-order valence-corrected chi connectivity index (χ2v) is 10.7. The number of para-hydroxylation sites is 1. The number of rotatable bonds is 11. The molecule has 7 heteroatoms. The number of hydrogen-bond acceptors (Lipinski definition) is 6. The van der Waals surface area contributed by atoms with Gasteiger partial charge in [0.05, 0.1) is 11.0 Å². The summed E-state index contributed by atoms with van der Waals surface area (Å²) in [5.41, 5.74) is 10.5. The topological polar surface area (TPSA) is 72.0 Å². The van der Waals surface area contributed by atoms with E-state index < -0.39 is 0 Å². The summed E-state index contributed by atoms with van der Waals surface area (Å²) in [5, 5.41) is 3.70. The summed E-state index contributed by atoms with van der Waals surface area (Å²) in [6, 6.07) is 21.3. The highest BCUT2D eigenvalue weighted by molar-refractivity contribution is 7.97. The third-order valence-corrected chi connectivity index (χ3v) is 7.80. The number of imidazole rings is 1. The quantitative estimate of drug-likeness (QED) is 0.150. The molecule has 3 N–H and O–H groups in total. The summed E-state index contributed by atoms with van der Waals surface area (Å²) in [5.74, 6) is 1.65. The first-order valence-corrected chi connectivity index (χ1v) is 14.0. The Morgan fingerprint density at radius 2 is 1.68 bits per heavy atom. The SMILES string of the molecule is CCCCc1nc2c(N)nc3ccccc3c2n1CCCCNSc1cccc2c(N(C)C)cccc12. The van der Waals surface area contributed by atoms with E-state index in [9.17, 15) is 0 Å². The number of fused-ring (bicyclic) bond motifs is 4. The van der Waals surface area contributed by atoms with Crippen molar-refractivity contribution in [3.63, 3.8) is 0 Å². The predicted molar refractivity (Wildman–Crippen MR) is 159 cm³/mol. The van der Waals surface area contributed by atoms with Crippen molar-refractivity contribution < 1.29 is 0 Å². The Labute approximate surface area is 223 Å². The maximum atomic E-state index is 6.35. The standard InChI is InChI=1S/C30H36N6S/c1-4-5-18-27-34-28-29(23-12-6-7-15-24(23)33-30(28)31)36(27)20-9-8-19-32-37-26-17-11-13-21-22(26)14-10-16-25(21)35(2)3/h6-7,10-17,32H,4-5,8-9,18-20H2,1-3H3,(H2,31,33). The number of benzene rings is 3. The van der Waals surface area contributed by atoms with Crippen LogP contribution in [-0.4, -0.2) is 35.2 Å². The molecule has 0 unspecified atom stereocenters. The first kappa shape index (κ1) is 25.4. The zero-order valence-electron chi connectivity index (χ0n) is 22.0. The molecule has 0 radical (unpaired) electrons. The van der Waals surface area contributed by atoms with Crippen LogP contribution in [0, 0.1) is 0 Å². The van der Waals surface area contributed by atoms with Gasteiger partial charge >= 0.3 is 0 Å². The van der Waals surface area contributed by atoms with E-state index in [0.717, 1.165) is 73.0 Å². The van der Waals surface area contributed by atoms with Crippen LogP contribution in [0.15, 0.2) is 65.6 Å². The fourth-order valence-corrected chi connectivity index (χ4v) is 5.85. The zero-order valence-corrected chi connectivity index (χ0v) is 22.8. The zero-order chi connectivity index (χ0) is 25.8. The van der Waals surface area contributed by atoms with Crippen LogP contribution in [0.5, 0.6) is 0 Å². The van der Waals surface area contributed by atoms with Gasteiger partial charge in [-0.15, -0.1) is 0 Å². The molecular weight excluding hydrogens is 476 g/mol. The van der Waals surface area contributed by atoms with Crippen molar-refractivity contribution in [3.8, 4) is 0 Å². The molecule has 0 saturated carbocycles. The Bertz CT molecular complexity index is 1520. The molecule has 37 heavy (non-hydrogen) atoms. The minimum absolute atomic E-state index is 0.524. The van der Waals surface area contributed by atoms with Crippen molar-refractivity contribution in [2.24, 2.45) is 0 Å². The van der Waals surface area contributed by atoms with Crippen molar-refractivity contribution in [1.29, 1.82) is 0 Å². The molecular formula is C30H36N6S. The molecule has 0 fully saturated rings. The van der Waals surface area contributed by atoms with Crippen LogP contribution in [0.2, 0.25) is 0 Å². The van der Waals surface area contributed by atoms with Gasteiger partial charge in [0.1, 0.15) is 11.3 Å². The lowest BCUT2D eigenvalue weighted by Crippen LogP contribution is -2.10. The van der Waals surface area contributed by atoms with Gasteiger partial charge in [0.25, 0.3) is 0 Å². The highest BCUT2D eigenvalue weighted by Gasteiger charge is 2.17. The Morgan fingerprint density at radius 1 is 0.892 bits per heavy atom. The lowest BCUT2D eigenvalue weighted by atomic mass is 10.1. The summed E-state index contributed by atoms with van der Waals surface area (Å²) in [4.78, 5) is 13.0. The van der Waals surface area contributed by atoms with Gasteiger partial charge in [-0.1, -0.05) is 55.8 Å². The molecule has 0 saturated heterocycles. The van der Waals surface area contributed by atoms with Gasteiger partial charge < -0.3 is 15.2 Å². The number of nitrogens with one attached hydrogen (secondary N) is 1. The fraction of sp³-hybridized carbons (Fsp3) is 0.333. The molecule has 0 aliphatic heterocycles. The van der Waals surface area contributed by atoms with Crippen LogP contribution in [0.25, 0.3) is 32.7 Å². The maximum Gasteiger partial charge on any atom is 0.152 e. The first-order chi connectivity index (χ1) is 18.1. The molecule has 0 bridgehead atoms. The number of aromatic nitrogens is 3. The lowest BCUT2D eigenvalue weighted by Gasteiger charge is -2.16. The van der Waals surface area contributed by atoms with Crippen LogP contribution in [0.4, 0.5) is 11.5 Å². The minimum atomic E-state index is 0.524. The molecule has 5 rings (SSSR count). The van der Waals surface area contributed by atoms with Gasteiger partial charge in [-0.05, 0) is 54.8 Å². The third kappa shape index (κ3) is 5.24. The van der Waals surface area contributed by atoms with Crippen LogP contribution >= 0.6 is 11.9 Å². The monoisotopic (exact) mass is 512 g/mol. The summed E-state index contributed by atoms with van der Waals surface area (Å²) < 4.78 is 5.99. The van der Waals surface area contributed by atoms with Crippen molar-refractivity contribution in [3.05, 3.63) is 66.5 Å². The molecule has 0 amide bonds. The van der Waals surface area contributed by atoms with Crippen molar-refractivity contribution >= 4 is 56.2 Å². The summed E-state index contributed by atoms with van der Waals surface area (Å²) in [7, 11) is 4.19. The summed E-state index contributed by atoms with van der Waals surface area (Å²) in [6.07, 6.45) is 5.36. The number of nitrogen functional groups attached to an aromatic ring is 1. The average Bonchev–Trinajstić information content (AvgIpc) is 3.28. The number of pyridine rings is 1. The second-order valence-electron chi connectivity index (χ2n) is 9.72. The Hall–Kier alpha value is -3.29. The normalized spacial score (nSPS) is 11.6. The highest BCUT2D eigenvalue weighted by Crippen LogP contribution is 2.32. The van der Waals surface area contributed by atoms with Gasteiger partial charge in [-0.25, -0.2) is 9.97 Å². The van der Waals surface area contributed by atoms with E-state index in [2.05, 4.69) is 88.7 Å². The van der Waals surface area contributed by atoms with E-state index in [-0.39, 0.29) is 0 Å². The lowest BCUT2D eigenvalue weighted by molar-refractivity contribution is 0.588. The minimum Gasteiger partial charge on any atom is -0.382 e. The van der Waals surface area contributed by atoms with Crippen molar-refractivity contribution in [2.45, 2.75) is 50.5 Å². The molecule has 6 nitrogen and oxygen atoms in total. The largest absolute Gasteiger partial charge is 0.382 e. The second kappa shape index (κ2) is 11.4. The van der Waals surface area contributed by atoms with Gasteiger partial charge in [-0.3, -0.25) is 4.72 Å². The number of nitrogens with two attached hydrogens (primary N) is 1. The molecule has 2 heterocycles. The van der Waals surface area contributed by atoms with Gasteiger partial charge in [0.15, 0.2) is 5.82 Å². The van der Waals surface area contributed by atoms with Crippen LogP contribution in [-0.2, 0) is 13.0 Å². The van der Waals surface area contributed by atoms with Crippen LogP contribution in [0.1, 0.15) is 38.4 Å². The Kier molecular flexibility index (Phi) is 7.82. The molecule has 0 aliphatic rings. The Balaban J connectivity index is 1.27. The first-order valence-electron chi connectivity index (χ1n) is 13.2. The van der Waals surface area contributed by atoms with Crippen LogP contribution < -0.4 is 15.4 Å². The van der Waals surface area contributed by atoms with E-state index in [4.69, 9.17) is 10.7 Å². The number of nitrogens with zero attached hydrogens (tertiary/aromatic N) is 4. The van der Waals surface area contributed by atoms with E-state index in [0.29, 0.717) is 5.82 Å². The smallest absolute Gasteiger partial charge is 0.152 e. The average molecular weight is 513 g/mol. The van der Waals surface area contributed by atoms with Gasteiger partial charge in [0.2, 0.25) is 0 Å². The number of anilines is 2. The molecule has 192 valence electrons. The number of unbranched alkanes of at least 4 members (excludes halogenated alkanes) is 2. The van der Waals surface area contributed by atoms with Crippen LogP contribution in [0.3, 0.4) is 0 Å². The summed E-state index contributed by atoms with van der Waals surface area (Å²) in [6.45, 7) is 4.09. The molecule has 5 aromatic rings. The van der Waals surface area contributed by atoms with E-state index in [1.165, 1.54) is 21.4 Å².